The summed E-state index contributed by atoms with van der Waals surface area (Å²) in [5, 5.41) is 7.85. The SMILES string of the molecule is Cc1ccsc1C(=O)NC(C)c1ccc(NC(=O)C2CC2)cc1. The van der Waals surface area contributed by atoms with Gasteiger partial charge in [0.25, 0.3) is 5.91 Å². The molecule has 4 nitrogen and oxygen atoms in total. The highest BCUT2D eigenvalue weighted by atomic mass is 32.1. The zero-order chi connectivity index (χ0) is 16.4. The van der Waals surface area contributed by atoms with Crippen LogP contribution in [0.5, 0.6) is 0 Å². The molecule has 1 fully saturated rings. The van der Waals surface area contributed by atoms with Crippen molar-refractivity contribution < 1.29 is 9.59 Å². The van der Waals surface area contributed by atoms with Gasteiger partial charge in [-0.2, -0.15) is 0 Å². The number of hydrogen-bond donors (Lipinski definition) is 2. The Morgan fingerprint density at radius 3 is 2.43 bits per heavy atom. The molecule has 1 atom stereocenters. The number of carbonyl (C=O) groups excluding carboxylic acids is 2. The summed E-state index contributed by atoms with van der Waals surface area (Å²) in [5.41, 5.74) is 2.81. The summed E-state index contributed by atoms with van der Waals surface area (Å²) in [5.74, 6) is 0.255. The number of nitrogens with one attached hydrogen (secondary N) is 2. The maximum atomic E-state index is 12.2. The Morgan fingerprint density at radius 1 is 1.17 bits per heavy atom. The van der Waals surface area contributed by atoms with Crippen molar-refractivity contribution in [3.8, 4) is 0 Å². The van der Waals surface area contributed by atoms with Crippen LogP contribution >= 0.6 is 11.3 Å². The molecule has 1 saturated carbocycles. The Balaban J connectivity index is 1.61. The number of rotatable bonds is 5. The van der Waals surface area contributed by atoms with Crippen molar-refractivity contribution >= 4 is 28.8 Å². The Kier molecular flexibility index (Phi) is 4.48. The van der Waals surface area contributed by atoms with Gasteiger partial charge in [-0.3, -0.25) is 9.59 Å². The van der Waals surface area contributed by atoms with Crippen molar-refractivity contribution in [2.75, 3.05) is 5.32 Å². The fraction of sp³-hybridized carbons (Fsp3) is 0.333. The summed E-state index contributed by atoms with van der Waals surface area (Å²) in [6.45, 7) is 3.89. The Labute approximate surface area is 139 Å². The van der Waals surface area contributed by atoms with Crippen molar-refractivity contribution in [2.24, 2.45) is 5.92 Å². The third kappa shape index (κ3) is 3.79. The van der Waals surface area contributed by atoms with Gasteiger partial charge in [0.05, 0.1) is 10.9 Å². The third-order valence-electron chi connectivity index (χ3n) is 4.04. The van der Waals surface area contributed by atoms with Crippen molar-refractivity contribution in [3.05, 3.63) is 51.7 Å². The van der Waals surface area contributed by atoms with Gasteiger partial charge in [-0.15, -0.1) is 11.3 Å². The highest BCUT2D eigenvalue weighted by Crippen LogP contribution is 2.30. The minimum Gasteiger partial charge on any atom is -0.345 e. The van der Waals surface area contributed by atoms with Gasteiger partial charge in [-0.1, -0.05) is 12.1 Å². The average Bonchev–Trinajstić information content (AvgIpc) is 3.29. The molecule has 1 aromatic carbocycles. The summed E-state index contributed by atoms with van der Waals surface area (Å²) < 4.78 is 0. The van der Waals surface area contributed by atoms with E-state index in [1.807, 2.05) is 49.6 Å². The highest BCUT2D eigenvalue weighted by molar-refractivity contribution is 7.12. The molecule has 120 valence electrons. The Hall–Kier alpha value is -2.14. The lowest BCUT2D eigenvalue weighted by Crippen LogP contribution is -2.26. The van der Waals surface area contributed by atoms with Crippen molar-refractivity contribution in [1.82, 2.24) is 5.32 Å². The van der Waals surface area contributed by atoms with Crippen LogP contribution in [0, 0.1) is 12.8 Å². The van der Waals surface area contributed by atoms with Gasteiger partial charge in [0, 0.05) is 11.6 Å². The zero-order valence-electron chi connectivity index (χ0n) is 13.3. The standard InChI is InChI=1S/C18H20N2O2S/c1-11-9-10-23-16(11)18(22)19-12(2)13-5-7-15(8-6-13)20-17(21)14-3-4-14/h5-10,12,14H,3-4H2,1-2H3,(H,19,22)(H,20,21). The van der Waals surface area contributed by atoms with Gasteiger partial charge in [-0.05, 0) is 61.4 Å². The molecule has 5 heteroatoms. The molecule has 1 aliphatic rings. The molecule has 3 rings (SSSR count). The number of thiophene rings is 1. The Bertz CT molecular complexity index is 717. The van der Waals surface area contributed by atoms with E-state index in [9.17, 15) is 9.59 Å². The molecular formula is C18H20N2O2S. The molecular weight excluding hydrogens is 308 g/mol. The van der Waals surface area contributed by atoms with Crippen LogP contribution in [0.15, 0.2) is 35.7 Å². The second kappa shape index (κ2) is 6.54. The number of carbonyl (C=O) groups is 2. The molecule has 0 radical (unpaired) electrons. The summed E-state index contributed by atoms with van der Waals surface area (Å²) in [6, 6.07) is 9.51. The minimum atomic E-state index is -0.0859. The van der Waals surface area contributed by atoms with E-state index in [0.717, 1.165) is 34.5 Å². The fourth-order valence-electron chi connectivity index (χ4n) is 2.40. The number of amides is 2. The van der Waals surface area contributed by atoms with Gasteiger partial charge in [0.1, 0.15) is 0 Å². The van der Waals surface area contributed by atoms with Crippen LogP contribution in [0.25, 0.3) is 0 Å². The normalized spacial score (nSPS) is 15.0. The first-order valence-electron chi connectivity index (χ1n) is 7.80. The molecule has 0 bridgehead atoms. The summed E-state index contributed by atoms with van der Waals surface area (Å²) in [4.78, 5) is 24.7. The quantitative estimate of drug-likeness (QED) is 0.874. The predicted octanol–water partition coefficient (Wildman–Crippen LogP) is 3.90. The largest absolute Gasteiger partial charge is 0.345 e. The molecule has 0 saturated heterocycles. The average molecular weight is 328 g/mol. The van der Waals surface area contributed by atoms with Crippen LogP contribution in [0.3, 0.4) is 0 Å². The molecule has 23 heavy (non-hydrogen) atoms. The summed E-state index contributed by atoms with van der Waals surface area (Å²) in [7, 11) is 0. The van der Waals surface area contributed by atoms with Crippen LogP contribution in [-0.2, 0) is 4.79 Å². The lowest BCUT2D eigenvalue weighted by molar-refractivity contribution is -0.117. The molecule has 2 amide bonds. The number of aryl methyl sites for hydroxylation is 1. The molecule has 1 unspecified atom stereocenters. The van der Waals surface area contributed by atoms with Crippen molar-refractivity contribution in [1.29, 1.82) is 0 Å². The van der Waals surface area contributed by atoms with E-state index in [4.69, 9.17) is 0 Å². The molecule has 1 aromatic heterocycles. The number of benzene rings is 1. The van der Waals surface area contributed by atoms with Gasteiger partial charge in [0.2, 0.25) is 5.91 Å². The molecule has 2 N–H and O–H groups in total. The maximum Gasteiger partial charge on any atom is 0.262 e. The van der Waals surface area contributed by atoms with E-state index in [1.165, 1.54) is 11.3 Å². The maximum absolute atomic E-state index is 12.2. The van der Waals surface area contributed by atoms with Crippen LogP contribution in [0.4, 0.5) is 5.69 Å². The smallest absolute Gasteiger partial charge is 0.262 e. The topological polar surface area (TPSA) is 58.2 Å². The van der Waals surface area contributed by atoms with Crippen LogP contribution < -0.4 is 10.6 Å². The molecule has 0 spiro atoms. The zero-order valence-corrected chi connectivity index (χ0v) is 14.1. The first kappa shape index (κ1) is 15.7. The second-order valence-corrected chi connectivity index (χ2v) is 6.93. The first-order valence-corrected chi connectivity index (χ1v) is 8.68. The van der Waals surface area contributed by atoms with Gasteiger partial charge >= 0.3 is 0 Å². The highest BCUT2D eigenvalue weighted by Gasteiger charge is 2.29. The monoisotopic (exact) mass is 328 g/mol. The van der Waals surface area contributed by atoms with E-state index in [2.05, 4.69) is 10.6 Å². The van der Waals surface area contributed by atoms with E-state index in [0.29, 0.717) is 0 Å². The van der Waals surface area contributed by atoms with Crippen molar-refractivity contribution in [2.45, 2.75) is 32.7 Å². The van der Waals surface area contributed by atoms with Gasteiger partial charge in [-0.25, -0.2) is 0 Å². The van der Waals surface area contributed by atoms with E-state index < -0.39 is 0 Å². The van der Waals surface area contributed by atoms with E-state index in [-0.39, 0.29) is 23.8 Å². The lowest BCUT2D eigenvalue weighted by Gasteiger charge is -2.15. The van der Waals surface area contributed by atoms with E-state index >= 15 is 0 Å². The van der Waals surface area contributed by atoms with Crippen LogP contribution in [0.2, 0.25) is 0 Å². The molecule has 1 heterocycles. The minimum absolute atomic E-state index is 0.0453. The molecule has 2 aromatic rings. The lowest BCUT2D eigenvalue weighted by atomic mass is 10.1. The number of hydrogen-bond acceptors (Lipinski definition) is 3. The summed E-state index contributed by atoms with van der Waals surface area (Å²) >= 11 is 1.45. The van der Waals surface area contributed by atoms with Crippen LogP contribution in [0.1, 0.15) is 46.6 Å². The first-order chi connectivity index (χ1) is 11.0. The van der Waals surface area contributed by atoms with E-state index in [1.54, 1.807) is 0 Å². The number of anilines is 1. The molecule has 1 aliphatic carbocycles. The fourth-order valence-corrected chi connectivity index (χ4v) is 3.22. The summed E-state index contributed by atoms with van der Waals surface area (Å²) in [6.07, 6.45) is 1.99. The van der Waals surface area contributed by atoms with Gasteiger partial charge in [0.15, 0.2) is 0 Å². The second-order valence-electron chi connectivity index (χ2n) is 6.01. The predicted molar refractivity (Wildman–Crippen MR) is 92.7 cm³/mol. The van der Waals surface area contributed by atoms with Gasteiger partial charge < -0.3 is 10.6 Å². The third-order valence-corrected chi connectivity index (χ3v) is 5.06. The molecule has 0 aliphatic heterocycles. The van der Waals surface area contributed by atoms with Crippen molar-refractivity contribution in [3.63, 3.8) is 0 Å². The van der Waals surface area contributed by atoms with Crippen LogP contribution in [-0.4, -0.2) is 11.8 Å². The Morgan fingerprint density at radius 2 is 1.87 bits per heavy atom.